The van der Waals surface area contributed by atoms with Crippen LogP contribution in [0.5, 0.6) is 0 Å². The van der Waals surface area contributed by atoms with Gasteiger partial charge in [0, 0.05) is 39.0 Å². The highest BCUT2D eigenvalue weighted by molar-refractivity contribution is 5.91. The monoisotopic (exact) mass is 478 g/mol. The highest BCUT2D eigenvalue weighted by atomic mass is 19.1. The molecule has 7 nitrogen and oxygen atoms in total. The van der Waals surface area contributed by atoms with Gasteiger partial charge >= 0.3 is 0 Å². The molecule has 0 radical (unpaired) electrons. The van der Waals surface area contributed by atoms with Gasteiger partial charge in [0.25, 0.3) is 0 Å². The van der Waals surface area contributed by atoms with Gasteiger partial charge in [-0.05, 0) is 43.5 Å². The van der Waals surface area contributed by atoms with Crippen LogP contribution in [0.3, 0.4) is 0 Å². The SMILES string of the molecule is CCCC(=O)N1CCN(c2nc(CC3CCCCC3)nc3c2c(C)nn3-c2ccc(F)cc2)CC1. The lowest BCUT2D eigenvalue weighted by molar-refractivity contribution is -0.131. The lowest BCUT2D eigenvalue weighted by Crippen LogP contribution is -2.49. The van der Waals surface area contributed by atoms with Gasteiger partial charge in [0.2, 0.25) is 5.91 Å². The summed E-state index contributed by atoms with van der Waals surface area (Å²) in [5.41, 5.74) is 2.41. The Bertz CT molecular complexity index is 1180. The zero-order valence-electron chi connectivity index (χ0n) is 20.8. The van der Waals surface area contributed by atoms with Gasteiger partial charge in [-0.1, -0.05) is 39.0 Å². The lowest BCUT2D eigenvalue weighted by atomic mass is 9.87. The van der Waals surface area contributed by atoms with E-state index in [1.54, 1.807) is 12.1 Å². The molecule has 186 valence electrons. The summed E-state index contributed by atoms with van der Waals surface area (Å²) in [5, 5.41) is 5.74. The van der Waals surface area contributed by atoms with Crippen molar-refractivity contribution in [3.8, 4) is 5.69 Å². The number of hydrogen-bond donors (Lipinski definition) is 0. The van der Waals surface area contributed by atoms with E-state index < -0.39 is 0 Å². The molecule has 35 heavy (non-hydrogen) atoms. The number of amides is 1. The Hall–Kier alpha value is -3.03. The maximum atomic E-state index is 13.6. The second-order valence-electron chi connectivity index (χ2n) is 9.96. The van der Waals surface area contributed by atoms with Gasteiger partial charge in [-0.15, -0.1) is 0 Å². The highest BCUT2D eigenvalue weighted by Gasteiger charge is 2.27. The van der Waals surface area contributed by atoms with Crippen LogP contribution in [0.15, 0.2) is 24.3 Å². The van der Waals surface area contributed by atoms with E-state index in [0.29, 0.717) is 25.4 Å². The largest absolute Gasteiger partial charge is 0.352 e. The van der Waals surface area contributed by atoms with Crippen molar-refractivity contribution in [3.05, 3.63) is 41.6 Å². The van der Waals surface area contributed by atoms with Crippen LogP contribution in [-0.4, -0.2) is 56.7 Å². The minimum atomic E-state index is -0.272. The van der Waals surface area contributed by atoms with Crippen LogP contribution >= 0.6 is 0 Å². The van der Waals surface area contributed by atoms with Gasteiger partial charge in [-0.3, -0.25) is 4.79 Å². The Balaban J connectivity index is 1.52. The molecule has 0 N–H and O–H groups in total. The molecule has 5 rings (SSSR count). The molecule has 0 atom stereocenters. The molecule has 2 aromatic heterocycles. The van der Waals surface area contributed by atoms with Crippen molar-refractivity contribution < 1.29 is 9.18 Å². The first-order valence-electron chi connectivity index (χ1n) is 13.1. The third-order valence-electron chi connectivity index (χ3n) is 7.39. The van der Waals surface area contributed by atoms with Crippen LogP contribution in [-0.2, 0) is 11.2 Å². The summed E-state index contributed by atoms with van der Waals surface area (Å²) in [6.07, 6.45) is 8.67. The van der Waals surface area contributed by atoms with Crippen molar-refractivity contribution in [1.82, 2.24) is 24.6 Å². The standard InChI is InChI=1S/C27H35FN6O/c1-3-7-24(35)32-14-16-33(17-15-32)26-25-19(2)31-34(22-12-10-21(28)11-13-22)27(25)30-23(29-26)18-20-8-5-4-6-9-20/h10-13,20H,3-9,14-18H2,1-2H3. The van der Waals surface area contributed by atoms with Crippen LogP contribution in [0.4, 0.5) is 10.2 Å². The number of benzene rings is 1. The Morgan fingerprint density at radius 1 is 1.03 bits per heavy atom. The lowest BCUT2D eigenvalue weighted by Gasteiger charge is -2.36. The molecular weight excluding hydrogens is 443 g/mol. The van der Waals surface area contributed by atoms with E-state index in [1.165, 1.54) is 44.2 Å². The normalized spacial score (nSPS) is 17.3. The number of anilines is 1. The molecule has 1 amide bonds. The summed E-state index contributed by atoms with van der Waals surface area (Å²) in [5.74, 6) is 2.34. The Morgan fingerprint density at radius 3 is 2.43 bits per heavy atom. The quantitative estimate of drug-likeness (QED) is 0.507. The van der Waals surface area contributed by atoms with Gasteiger partial charge in [-0.2, -0.15) is 5.10 Å². The summed E-state index contributed by atoms with van der Waals surface area (Å²) in [6, 6.07) is 6.38. The molecule has 8 heteroatoms. The minimum absolute atomic E-state index is 0.235. The number of carbonyl (C=O) groups is 1. The first kappa shape index (κ1) is 23.7. The van der Waals surface area contributed by atoms with Crippen molar-refractivity contribution in [2.75, 3.05) is 31.1 Å². The van der Waals surface area contributed by atoms with Crippen LogP contribution < -0.4 is 4.90 Å². The topological polar surface area (TPSA) is 67.2 Å². The van der Waals surface area contributed by atoms with E-state index in [-0.39, 0.29) is 11.7 Å². The van der Waals surface area contributed by atoms with Gasteiger partial charge in [-0.25, -0.2) is 19.0 Å². The van der Waals surface area contributed by atoms with Crippen molar-refractivity contribution in [2.24, 2.45) is 5.92 Å². The minimum Gasteiger partial charge on any atom is -0.352 e. The van der Waals surface area contributed by atoms with Crippen molar-refractivity contribution in [2.45, 2.75) is 65.2 Å². The van der Waals surface area contributed by atoms with Crippen LogP contribution in [0, 0.1) is 18.7 Å². The Labute approximate surface area is 206 Å². The zero-order chi connectivity index (χ0) is 24.4. The van der Waals surface area contributed by atoms with Gasteiger partial charge in [0.1, 0.15) is 17.5 Å². The van der Waals surface area contributed by atoms with E-state index in [4.69, 9.17) is 15.1 Å². The summed E-state index contributed by atoms with van der Waals surface area (Å²) >= 11 is 0. The summed E-state index contributed by atoms with van der Waals surface area (Å²) in [6.45, 7) is 6.91. The fourth-order valence-electron chi connectivity index (χ4n) is 5.48. The van der Waals surface area contributed by atoms with Crippen LogP contribution in [0.2, 0.25) is 0 Å². The molecule has 1 aliphatic carbocycles. The number of piperazine rings is 1. The predicted molar refractivity (Wildman–Crippen MR) is 135 cm³/mol. The molecule has 2 aliphatic rings. The highest BCUT2D eigenvalue weighted by Crippen LogP contribution is 2.32. The second-order valence-corrected chi connectivity index (χ2v) is 9.96. The number of fused-ring (bicyclic) bond motifs is 1. The molecule has 3 heterocycles. The van der Waals surface area contributed by atoms with E-state index in [9.17, 15) is 9.18 Å². The summed E-state index contributed by atoms with van der Waals surface area (Å²) in [7, 11) is 0. The summed E-state index contributed by atoms with van der Waals surface area (Å²) < 4.78 is 15.4. The Morgan fingerprint density at radius 2 is 1.74 bits per heavy atom. The van der Waals surface area contributed by atoms with E-state index in [0.717, 1.165) is 60.0 Å². The third-order valence-corrected chi connectivity index (χ3v) is 7.39. The molecular formula is C27H35FN6O. The molecule has 1 aliphatic heterocycles. The zero-order valence-corrected chi connectivity index (χ0v) is 20.8. The predicted octanol–water partition coefficient (Wildman–Crippen LogP) is 4.83. The maximum Gasteiger partial charge on any atom is 0.222 e. The first-order valence-corrected chi connectivity index (χ1v) is 13.1. The fourth-order valence-corrected chi connectivity index (χ4v) is 5.48. The number of aromatic nitrogens is 4. The van der Waals surface area contributed by atoms with Gasteiger partial charge in [0.15, 0.2) is 5.65 Å². The molecule has 3 aromatic rings. The number of rotatable bonds is 6. The molecule has 1 saturated heterocycles. The van der Waals surface area contributed by atoms with Crippen LogP contribution in [0.1, 0.15) is 63.4 Å². The average Bonchev–Trinajstić information content (AvgIpc) is 3.21. The average molecular weight is 479 g/mol. The number of nitrogens with zero attached hydrogens (tertiary/aromatic N) is 6. The van der Waals surface area contributed by atoms with E-state index >= 15 is 0 Å². The van der Waals surface area contributed by atoms with Crippen molar-refractivity contribution >= 4 is 22.8 Å². The first-order chi connectivity index (χ1) is 17.0. The fraction of sp³-hybridized carbons (Fsp3) is 0.556. The van der Waals surface area contributed by atoms with E-state index in [2.05, 4.69) is 4.90 Å². The van der Waals surface area contributed by atoms with Crippen LogP contribution in [0.25, 0.3) is 16.7 Å². The molecule has 0 unspecified atom stereocenters. The van der Waals surface area contributed by atoms with Crippen molar-refractivity contribution in [3.63, 3.8) is 0 Å². The van der Waals surface area contributed by atoms with Gasteiger partial charge in [0.05, 0.1) is 16.8 Å². The maximum absolute atomic E-state index is 13.6. The van der Waals surface area contributed by atoms with E-state index in [1.807, 2.05) is 23.4 Å². The smallest absolute Gasteiger partial charge is 0.222 e. The Kier molecular flexibility index (Phi) is 6.97. The summed E-state index contributed by atoms with van der Waals surface area (Å²) in [4.78, 5) is 26.8. The number of hydrogen-bond acceptors (Lipinski definition) is 5. The van der Waals surface area contributed by atoms with Gasteiger partial charge < -0.3 is 9.80 Å². The number of halogens is 1. The number of carbonyl (C=O) groups excluding carboxylic acids is 1. The molecule has 1 aromatic carbocycles. The number of aryl methyl sites for hydroxylation is 1. The third kappa shape index (κ3) is 5.02. The molecule has 0 spiro atoms. The van der Waals surface area contributed by atoms with Crippen molar-refractivity contribution in [1.29, 1.82) is 0 Å². The molecule has 1 saturated carbocycles. The second kappa shape index (κ2) is 10.3. The molecule has 0 bridgehead atoms. The molecule has 2 fully saturated rings.